The molecule has 0 spiro atoms. The third-order valence-electron chi connectivity index (χ3n) is 4.26. The highest BCUT2D eigenvalue weighted by Gasteiger charge is 2.30. The quantitative estimate of drug-likeness (QED) is 0.594. The molecule has 0 fully saturated rings. The highest BCUT2D eigenvalue weighted by molar-refractivity contribution is 9.10. The lowest BCUT2D eigenvalue weighted by atomic mass is 10.0. The largest absolute Gasteiger partial charge is 0.488 e. The SMILES string of the molecule is O=C1C[C@H](c2cc(Br)ccc2OCc2c(Cl)cccc2Cl)n2ncnc2N1. The molecule has 1 aromatic heterocycles. The Hall–Kier alpha value is -2.09. The van der Waals surface area contributed by atoms with E-state index in [0.717, 1.165) is 10.0 Å². The van der Waals surface area contributed by atoms with Crippen molar-refractivity contribution in [2.45, 2.75) is 19.1 Å². The van der Waals surface area contributed by atoms with Gasteiger partial charge in [0.25, 0.3) is 0 Å². The molecule has 0 aliphatic carbocycles. The van der Waals surface area contributed by atoms with E-state index in [1.807, 2.05) is 18.2 Å². The van der Waals surface area contributed by atoms with Crippen LogP contribution in [0.2, 0.25) is 10.0 Å². The Morgan fingerprint density at radius 2 is 2.04 bits per heavy atom. The van der Waals surface area contributed by atoms with Crippen molar-refractivity contribution in [1.82, 2.24) is 14.8 Å². The molecule has 27 heavy (non-hydrogen) atoms. The first-order chi connectivity index (χ1) is 13.0. The van der Waals surface area contributed by atoms with Crippen molar-refractivity contribution in [3.63, 3.8) is 0 Å². The van der Waals surface area contributed by atoms with Gasteiger partial charge >= 0.3 is 0 Å². The average molecular weight is 468 g/mol. The van der Waals surface area contributed by atoms with E-state index in [0.29, 0.717) is 27.3 Å². The molecule has 2 heterocycles. The Kier molecular flexibility index (Phi) is 5.08. The van der Waals surface area contributed by atoms with E-state index < -0.39 is 0 Å². The maximum absolute atomic E-state index is 12.1. The van der Waals surface area contributed by atoms with E-state index in [1.54, 1.807) is 22.9 Å². The number of ether oxygens (including phenoxy) is 1. The first kappa shape index (κ1) is 18.3. The minimum absolute atomic E-state index is 0.124. The number of fused-ring (bicyclic) bond motifs is 1. The zero-order valence-corrected chi connectivity index (χ0v) is 16.9. The maximum Gasteiger partial charge on any atom is 0.229 e. The fraction of sp³-hybridized carbons (Fsp3) is 0.167. The van der Waals surface area contributed by atoms with E-state index in [1.165, 1.54) is 6.33 Å². The number of aromatic nitrogens is 3. The lowest BCUT2D eigenvalue weighted by molar-refractivity contribution is -0.117. The molecular weight excluding hydrogens is 455 g/mol. The number of benzene rings is 2. The summed E-state index contributed by atoms with van der Waals surface area (Å²) in [7, 11) is 0. The Morgan fingerprint density at radius 1 is 1.26 bits per heavy atom. The molecule has 0 saturated carbocycles. The summed E-state index contributed by atoms with van der Waals surface area (Å²) in [5.74, 6) is 0.909. The number of rotatable bonds is 4. The molecule has 2 aromatic carbocycles. The van der Waals surface area contributed by atoms with Crippen LogP contribution in [-0.4, -0.2) is 20.7 Å². The van der Waals surface area contributed by atoms with Crippen molar-refractivity contribution in [1.29, 1.82) is 0 Å². The molecule has 6 nitrogen and oxygen atoms in total. The zero-order valence-electron chi connectivity index (χ0n) is 13.8. The van der Waals surface area contributed by atoms with Crippen molar-refractivity contribution in [2.75, 3.05) is 5.32 Å². The van der Waals surface area contributed by atoms with Gasteiger partial charge in [-0.05, 0) is 30.3 Å². The van der Waals surface area contributed by atoms with Gasteiger partial charge in [0.2, 0.25) is 11.9 Å². The highest BCUT2D eigenvalue weighted by atomic mass is 79.9. The molecule has 1 amide bonds. The zero-order chi connectivity index (χ0) is 19.0. The van der Waals surface area contributed by atoms with Crippen molar-refractivity contribution < 1.29 is 9.53 Å². The van der Waals surface area contributed by atoms with Gasteiger partial charge in [-0.1, -0.05) is 45.2 Å². The number of carbonyl (C=O) groups excluding carboxylic acids is 1. The third kappa shape index (κ3) is 3.67. The number of halogens is 3. The second-order valence-corrected chi connectivity index (χ2v) is 7.70. The normalized spacial score (nSPS) is 16.0. The van der Waals surface area contributed by atoms with Gasteiger partial charge in [0, 0.05) is 25.6 Å². The number of anilines is 1. The van der Waals surface area contributed by atoms with Crippen LogP contribution in [0.25, 0.3) is 0 Å². The standard InChI is InChI=1S/C18H13BrCl2N4O2/c19-10-4-5-16(27-8-12-13(20)2-1-3-14(12)21)11(6-10)15-7-17(26)24-18-22-9-23-25(15)18/h1-6,9,15H,7-8H2,(H,22,23,24,26)/t15-/m1/s1. The van der Waals surface area contributed by atoms with Crippen LogP contribution in [0.15, 0.2) is 47.2 Å². The predicted molar refractivity (Wildman–Crippen MR) is 106 cm³/mol. The van der Waals surface area contributed by atoms with Gasteiger partial charge in [0.05, 0.1) is 12.5 Å². The van der Waals surface area contributed by atoms with E-state index in [4.69, 9.17) is 27.9 Å². The van der Waals surface area contributed by atoms with Crippen LogP contribution < -0.4 is 10.1 Å². The molecular formula is C18H13BrCl2N4O2. The van der Waals surface area contributed by atoms with E-state index in [2.05, 4.69) is 31.3 Å². The Morgan fingerprint density at radius 3 is 2.81 bits per heavy atom. The van der Waals surface area contributed by atoms with Crippen LogP contribution in [0.4, 0.5) is 5.95 Å². The number of amides is 1. The molecule has 1 N–H and O–H groups in total. The second-order valence-electron chi connectivity index (χ2n) is 5.97. The minimum atomic E-state index is -0.328. The molecule has 1 aliphatic heterocycles. The van der Waals surface area contributed by atoms with Crippen LogP contribution in [0.5, 0.6) is 5.75 Å². The smallest absolute Gasteiger partial charge is 0.229 e. The number of hydrogen-bond acceptors (Lipinski definition) is 4. The van der Waals surface area contributed by atoms with Gasteiger partial charge in [0.1, 0.15) is 18.7 Å². The van der Waals surface area contributed by atoms with Gasteiger partial charge in [-0.25, -0.2) is 4.68 Å². The van der Waals surface area contributed by atoms with E-state index >= 15 is 0 Å². The summed E-state index contributed by atoms with van der Waals surface area (Å²) in [6.45, 7) is 0.205. The molecule has 0 bridgehead atoms. The van der Waals surface area contributed by atoms with E-state index in [-0.39, 0.29) is 25.0 Å². The number of nitrogens with zero attached hydrogens (tertiary/aromatic N) is 3. The van der Waals surface area contributed by atoms with Crippen molar-refractivity contribution in [2.24, 2.45) is 0 Å². The maximum atomic E-state index is 12.1. The molecule has 1 aliphatic rings. The first-order valence-electron chi connectivity index (χ1n) is 8.07. The number of hydrogen-bond donors (Lipinski definition) is 1. The van der Waals surface area contributed by atoms with Crippen LogP contribution in [0, 0.1) is 0 Å². The average Bonchev–Trinajstić information content (AvgIpc) is 3.10. The van der Waals surface area contributed by atoms with Crippen LogP contribution in [0.3, 0.4) is 0 Å². The van der Waals surface area contributed by atoms with Gasteiger partial charge in [-0.3, -0.25) is 10.1 Å². The first-order valence-corrected chi connectivity index (χ1v) is 9.62. The molecule has 4 rings (SSSR count). The summed E-state index contributed by atoms with van der Waals surface area (Å²) in [5.41, 5.74) is 1.52. The lowest BCUT2D eigenvalue weighted by Gasteiger charge is -2.25. The van der Waals surface area contributed by atoms with Crippen molar-refractivity contribution in [3.8, 4) is 5.75 Å². The highest BCUT2D eigenvalue weighted by Crippen LogP contribution is 2.37. The number of nitrogens with one attached hydrogen (secondary N) is 1. The summed E-state index contributed by atoms with van der Waals surface area (Å²) < 4.78 is 8.58. The Labute approximate surface area is 173 Å². The lowest BCUT2D eigenvalue weighted by Crippen LogP contribution is -2.29. The predicted octanol–water partition coefficient (Wildman–Crippen LogP) is 4.86. The third-order valence-corrected chi connectivity index (χ3v) is 5.46. The number of carbonyl (C=O) groups is 1. The molecule has 0 saturated heterocycles. The van der Waals surface area contributed by atoms with Gasteiger partial charge in [-0.15, -0.1) is 0 Å². The second kappa shape index (κ2) is 7.50. The topological polar surface area (TPSA) is 69.0 Å². The molecule has 0 radical (unpaired) electrons. The molecule has 3 aromatic rings. The van der Waals surface area contributed by atoms with Crippen molar-refractivity contribution in [3.05, 3.63) is 68.4 Å². The molecule has 9 heteroatoms. The monoisotopic (exact) mass is 466 g/mol. The Bertz CT molecular complexity index is 1000. The minimum Gasteiger partial charge on any atom is -0.488 e. The molecule has 1 atom stereocenters. The summed E-state index contributed by atoms with van der Waals surface area (Å²) in [6.07, 6.45) is 1.64. The summed E-state index contributed by atoms with van der Waals surface area (Å²) >= 11 is 16.0. The Balaban J connectivity index is 1.69. The fourth-order valence-electron chi connectivity index (χ4n) is 2.98. The van der Waals surface area contributed by atoms with Crippen LogP contribution in [-0.2, 0) is 11.4 Å². The molecule has 0 unspecified atom stereocenters. The van der Waals surface area contributed by atoms with Crippen LogP contribution >= 0.6 is 39.1 Å². The van der Waals surface area contributed by atoms with Crippen LogP contribution in [0.1, 0.15) is 23.6 Å². The fourth-order valence-corrected chi connectivity index (χ4v) is 3.86. The summed E-state index contributed by atoms with van der Waals surface area (Å²) in [5, 5.41) is 8.03. The summed E-state index contributed by atoms with van der Waals surface area (Å²) in [6, 6.07) is 10.6. The van der Waals surface area contributed by atoms with Gasteiger partial charge in [0.15, 0.2) is 0 Å². The van der Waals surface area contributed by atoms with Gasteiger partial charge in [-0.2, -0.15) is 10.1 Å². The van der Waals surface area contributed by atoms with Crippen molar-refractivity contribution >= 4 is 51.0 Å². The summed E-state index contributed by atoms with van der Waals surface area (Å²) in [4.78, 5) is 16.2. The van der Waals surface area contributed by atoms with Gasteiger partial charge < -0.3 is 4.74 Å². The van der Waals surface area contributed by atoms with E-state index in [9.17, 15) is 4.79 Å². The molecule has 138 valence electrons.